The molecule has 2 atom stereocenters. The number of carbonyl (C=O) groups excluding carboxylic acids is 2. The molecule has 0 unspecified atom stereocenters. The Bertz CT molecular complexity index is 963. The van der Waals surface area contributed by atoms with Crippen LogP contribution in [0.4, 0.5) is 5.69 Å². The van der Waals surface area contributed by atoms with Gasteiger partial charge in [0.2, 0.25) is 5.91 Å². The third kappa shape index (κ3) is 6.03. The zero-order chi connectivity index (χ0) is 22.4. The number of nitrogens with zero attached hydrogens (tertiary/aromatic N) is 4. The Morgan fingerprint density at radius 1 is 1.29 bits per heavy atom. The normalized spacial score (nSPS) is 18.4. The van der Waals surface area contributed by atoms with Gasteiger partial charge >= 0.3 is 0 Å². The fourth-order valence-electron chi connectivity index (χ4n) is 3.56. The summed E-state index contributed by atoms with van der Waals surface area (Å²) in [5.41, 5.74) is 0.0467. The van der Waals surface area contributed by atoms with Crippen molar-refractivity contribution >= 4 is 29.3 Å². The minimum Gasteiger partial charge on any atom is -0.352 e. The van der Waals surface area contributed by atoms with Crippen molar-refractivity contribution in [2.45, 2.75) is 50.4 Å². The van der Waals surface area contributed by atoms with Gasteiger partial charge in [-0.05, 0) is 24.8 Å². The summed E-state index contributed by atoms with van der Waals surface area (Å²) >= 11 is 1.29. The molecule has 10 nitrogen and oxygen atoms in total. The molecule has 0 aliphatic heterocycles. The molecular formula is C20H26N6O4S. The summed E-state index contributed by atoms with van der Waals surface area (Å²) in [6.07, 6.45) is 4.54. The first-order valence-corrected chi connectivity index (χ1v) is 11.2. The molecule has 2 N–H and O–H groups in total. The predicted molar refractivity (Wildman–Crippen MR) is 116 cm³/mol. The first kappa shape index (κ1) is 22.7. The number of carbonyl (C=O) groups is 2. The van der Waals surface area contributed by atoms with Crippen molar-refractivity contribution in [3.8, 4) is 0 Å². The summed E-state index contributed by atoms with van der Waals surface area (Å²) in [5, 5.41) is 25.4. The van der Waals surface area contributed by atoms with Crippen molar-refractivity contribution < 1.29 is 14.5 Å². The van der Waals surface area contributed by atoms with Crippen molar-refractivity contribution in [3.05, 3.63) is 45.8 Å². The maximum absolute atomic E-state index is 12.3. The van der Waals surface area contributed by atoms with Crippen LogP contribution in [0.1, 0.15) is 48.8 Å². The highest BCUT2D eigenvalue weighted by molar-refractivity contribution is 7.99. The van der Waals surface area contributed by atoms with Crippen LogP contribution in [0, 0.1) is 16.0 Å². The number of hydrogen-bond donors (Lipinski definition) is 2. The maximum atomic E-state index is 12.3. The Morgan fingerprint density at radius 3 is 2.81 bits per heavy atom. The van der Waals surface area contributed by atoms with E-state index >= 15 is 0 Å². The highest BCUT2D eigenvalue weighted by Gasteiger charge is 2.23. The number of aromatic nitrogens is 3. The van der Waals surface area contributed by atoms with Crippen LogP contribution in [-0.4, -0.2) is 43.3 Å². The van der Waals surface area contributed by atoms with Gasteiger partial charge in [0.25, 0.3) is 11.6 Å². The second kappa shape index (κ2) is 10.4. The van der Waals surface area contributed by atoms with Gasteiger partial charge in [-0.2, -0.15) is 0 Å². The van der Waals surface area contributed by atoms with E-state index in [0.29, 0.717) is 16.9 Å². The summed E-state index contributed by atoms with van der Waals surface area (Å²) < 4.78 is 1.72. The molecule has 0 radical (unpaired) electrons. The number of benzene rings is 1. The molecule has 1 aromatic heterocycles. The minimum absolute atomic E-state index is 0.0210. The zero-order valence-electron chi connectivity index (χ0n) is 17.5. The molecule has 3 rings (SSSR count). The SMILES string of the molecule is C[C@H]1CCCC[C@@H]1NC(=O)CSc1nnc(CNC(=O)c2cccc([N+](=O)[O-])c2)n1C. The standard InChI is InChI=1S/C20H26N6O4S/c1-13-6-3-4-9-16(13)22-18(27)12-31-20-24-23-17(25(20)2)11-21-19(28)14-7-5-8-15(10-14)26(29)30/h5,7-8,10,13,16H,3-4,6,9,11-12H2,1-2H3,(H,21,28)(H,22,27)/t13-,16-/m0/s1. The zero-order valence-corrected chi connectivity index (χ0v) is 18.4. The van der Waals surface area contributed by atoms with Crippen LogP contribution in [0.5, 0.6) is 0 Å². The van der Waals surface area contributed by atoms with Crippen LogP contribution in [0.2, 0.25) is 0 Å². The number of thioether (sulfide) groups is 1. The lowest BCUT2D eigenvalue weighted by Gasteiger charge is -2.29. The van der Waals surface area contributed by atoms with Crippen LogP contribution in [0.3, 0.4) is 0 Å². The van der Waals surface area contributed by atoms with E-state index in [0.717, 1.165) is 19.3 Å². The number of nitro benzene ring substituents is 1. The molecule has 0 bridgehead atoms. The van der Waals surface area contributed by atoms with Crippen LogP contribution < -0.4 is 10.6 Å². The molecule has 1 heterocycles. The van der Waals surface area contributed by atoms with Gasteiger partial charge in [-0.15, -0.1) is 10.2 Å². The summed E-state index contributed by atoms with van der Waals surface area (Å²) in [6, 6.07) is 5.75. The number of hydrogen-bond acceptors (Lipinski definition) is 7. The average Bonchev–Trinajstić information content (AvgIpc) is 3.11. The third-order valence-corrected chi connectivity index (χ3v) is 6.46. The third-order valence-electron chi connectivity index (χ3n) is 5.44. The smallest absolute Gasteiger partial charge is 0.270 e. The Balaban J connectivity index is 1.50. The van der Waals surface area contributed by atoms with Gasteiger partial charge in [0.1, 0.15) is 0 Å². The molecule has 0 spiro atoms. The topological polar surface area (TPSA) is 132 Å². The Morgan fingerprint density at radius 2 is 2.06 bits per heavy atom. The lowest BCUT2D eigenvalue weighted by Crippen LogP contribution is -2.41. The molecule has 1 aliphatic carbocycles. The summed E-state index contributed by atoms with van der Waals surface area (Å²) in [4.78, 5) is 34.9. The van der Waals surface area contributed by atoms with Gasteiger partial charge in [0.05, 0.1) is 17.2 Å². The van der Waals surface area contributed by atoms with Crippen molar-refractivity contribution in [1.29, 1.82) is 0 Å². The molecule has 1 aromatic carbocycles. The molecule has 2 aromatic rings. The largest absolute Gasteiger partial charge is 0.352 e. The van der Waals surface area contributed by atoms with Gasteiger partial charge in [-0.1, -0.05) is 37.6 Å². The van der Waals surface area contributed by atoms with Gasteiger partial charge in [-0.3, -0.25) is 19.7 Å². The van der Waals surface area contributed by atoms with E-state index in [4.69, 9.17) is 0 Å². The molecule has 1 aliphatic rings. The van der Waals surface area contributed by atoms with Crippen molar-refractivity contribution in [1.82, 2.24) is 25.4 Å². The average molecular weight is 447 g/mol. The second-order valence-corrected chi connectivity index (χ2v) is 8.61. The van der Waals surface area contributed by atoms with E-state index in [9.17, 15) is 19.7 Å². The molecule has 166 valence electrons. The van der Waals surface area contributed by atoms with Crippen LogP contribution >= 0.6 is 11.8 Å². The van der Waals surface area contributed by atoms with E-state index in [2.05, 4.69) is 27.8 Å². The van der Waals surface area contributed by atoms with Crippen molar-refractivity contribution in [3.63, 3.8) is 0 Å². The van der Waals surface area contributed by atoms with Gasteiger partial charge < -0.3 is 15.2 Å². The minimum atomic E-state index is -0.548. The highest BCUT2D eigenvalue weighted by atomic mass is 32.2. The molecule has 0 saturated heterocycles. The van der Waals surface area contributed by atoms with Gasteiger partial charge in [0, 0.05) is 30.8 Å². The predicted octanol–water partition coefficient (Wildman–Crippen LogP) is 2.44. The van der Waals surface area contributed by atoms with Gasteiger partial charge in [0.15, 0.2) is 11.0 Å². The Labute approximate surface area is 184 Å². The Hall–Kier alpha value is -2.95. The van der Waals surface area contributed by atoms with Crippen molar-refractivity contribution in [2.24, 2.45) is 13.0 Å². The molecule has 1 saturated carbocycles. The Kier molecular flexibility index (Phi) is 7.61. The quantitative estimate of drug-likeness (QED) is 0.361. The number of nitro groups is 1. The fourth-order valence-corrected chi connectivity index (χ4v) is 4.30. The van der Waals surface area contributed by atoms with Crippen LogP contribution in [0.25, 0.3) is 0 Å². The fraction of sp³-hybridized carbons (Fsp3) is 0.500. The molecule has 2 amide bonds. The highest BCUT2D eigenvalue weighted by Crippen LogP contribution is 2.24. The van der Waals surface area contributed by atoms with Crippen LogP contribution in [0.15, 0.2) is 29.4 Å². The maximum Gasteiger partial charge on any atom is 0.270 e. The second-order valence-electron chi connectivity index (χ2n) is 7.67. The van der Waals surface area contributed by atoms with E-state index in [1.54, 1.807) is 11.6 Å². The molecule has 11 heteroatoms. The number of non-ortho nitro benzene ring substituents is 1. The van der Waals surface area contributed by atoms with E-state index in [1.165, 1.54) is 42.4 Å². The first-order valence-electron chi connectivity index (χ1n) is 10.2. The molecule has 1 fully saturated rings. The summed E-state index contributed by atoms with van der Waals surface area (Å²) in [5.74, 6) is 0.797. The summed E-state index contributed by atoms with van der Waals surface area (Å²) in [6.45, 7) is 2.28. The molecular weight excluding hydrogens is 420 g/mol. The van der Waals surface area contributed by atoms with Gasteiger partial charge in [-0.25, -0.2) is 0 Å². The number of nitrogens with one attached hydrogen (secondary N) is 2. The molecule has 31 heavy (non-hydrogen) atoms. The van der Waals surface area contributed by atoms with E-state index < -0.39 is 10.8 Å². The van der Waals surface area contributed by atoms with E-state index in [-0.39, 0.29) is 35.5 Å². The number of amides is 2. The lowest BCUT2D eigenvalue weighted by molar-refractivity contribution is -0.384. The van der Waals surface area contributed by atoms with Crippen LogP contribution in [-0.2, 0) is 18.4 Å². The first-order chi connectivity index (χ1) is 14.8. The lowest BCUT2D eigenvalue weighted by atomic mass is 9.86. The van der Waals surface area contributed by atoms with Crippen molar-refractivity contribution in [2.75, 3.05) is 5.75 Å². The number of rotatable bonds is 8. The monoisotopic (exact) mass is 446 g/mol. The summed E-state index contributed by atoms with van der Waals surface area (Å²) in [7, 11) is 1.76. The van der Waals surface area contributed by atoms with E-state index in [1.807, 2.05) is 0 Å².